The molecule has 1 spiro atoms. The number of H-pyrrole nitrogens is 1. The molecule has 1 aromatic carbocycles. The molecule has 12 nitrogen and oxygen atoms in total. The number of aryl methyl sites for hydroxylation is 1. The Balaban J connectivity index is 1.13. The van der Waals surface area contributed by atoms with Crippen LogP contribution in [0.1, 0.15) is 63.4 Å². The van der Waals surface area contributed by atoms with Gasteiger partial charge < -0.3 is 29.0 Å². The summed E-state index contributed by atoms with van der Waals surface area (Å²) in [6.45, 7) is 5.44. The molecule has 3 aliphatic heterocycles. The summed E-state index contributed by atoms with van der Waals surface area (Å²) < 4.78 is 41.7. The summed E-state index contributed by atoms with van der Waals surface area (Å²) in [5, 5.41) is 19.1. The third-order valence-corrected chi connectivity index (χ3v) is 12.9. The molecular weight excluding hydrogens is 677 g/mol. The van der Waals surface area contributed by atoms with Crippen LogP contribution in [0, 0.1) is 18.2 Å². The highest BCUT2D eigenvalue weighted by Crippen LogP contribution is 2.54. The van der Waals surface area contributed by atoms with Crippen molar-refractivity contribution in [3.8, 4) is 23.1 Å². The van der Waals surface area contributed by atoms with Gasteiger partial charge >= 0.3 is 6.01 Å². The molecule has 5 aliphatic rings. The van der Waals surface area contributed by atoms with E-state index in [1.807, 2.05) is 17.9 Å². The number of piperidine rings is 1. The number of hydrogen-bond acceptors (Lipinski definition) is 11. The number of hydrogen-bond donors (Lipinski definition) is 2. The minimum absolute atomic E-state index is 0.00443. The predicted molar refractivity (Wildman–Crippen MR) is 190 cm³/mol. The number of fused-ring (bicyclic) bond motifs is 3. The van der Waals surface area contributed by atoms with Crippen molar-refractivity contribution in [2.75, 3.05) is 58.1 Å². The fraction of sp³-hybridized carbons (Fsp3) is 0.622. The number of methoxy groups -OCH3 is 1. The van der Waals surface area contributed by atoms with Gasteiger partial charge in [0, 0.05) is 48.1 Å². The fourth-order valence-electron chi connectivity index (χ4n) is 9.89. The van der Waals surface area contributed by atoms with Crippen LogP contribution in [0.25, 0.3) is 33.1 Å². The van der Waals surface area contributed by atoms with Gasteiger partial charge in [0.1, 0.15) is 22.4 Å². The number of nitrogens with one attached hydrogen (secondary N) is 1. The van der Waals surface area contributed by atoms with E-state index in [0.29, 0.717) is 64.5 Å². The molecule has 0 amide bonds. The highest BCUT2D eigenvalue weighted by atomic mass is 35.5. The molecule has 2 aliphatic carbocycles. The normalized spacial score (nSPS) is 29.8. The average Bonchev–Trinajstić information content (AvgIpc) is 3.88. The highest BCUT2D eigenvalue weighted by Gasteiger charge is 2.58. The first kappa shape index (κ1) is 33.5. The second-order valence-electron chi connectivity index (χ2n) is 15.2. The second-order valence-corrected chi connectivity index (χ2v) is 15.6. The van der Waals surface area contributed by atoms with Gasteiger partial charge in [0.05, 0.1) is 55.4 Å². The number of anilines is 1. The zero-order valence-electron chi connectivity index (χ0n) is 29.2. The van der Waals surface area contributed by atoms with Crippen LogP contribution in [0.2, 0.25) is 5.02 Å². The molecule has 5 fully saturated rings. The second kappa shape index (κ2) is 12.9. The molecule has 4 aromatic rings. The van der Waals surface area contributed by atoms with Gasteiger partial charge in [0.2, 0.25) is 5.88 Å². The number of rotatable bonds is 7. The van der Waals surface area contributed by atoms with E-state index in [4.69, 9.17) is 45.5 Å². The molecular formula is C37H45ClFN7O5. The Morgan fingerprint density at radius 3 is 2.76 bits per heavy atom. The molecule has 3 aromatic heterocycles. The monoisotopic (exact) mass is 721 g/mol. The van der Waals surface area contributed by atoms with Crippen molar-refractivity contribution in [1.29, 1.82) is 0 Å². The SMILES string of the molecule is COc1nc(-c2c(Cl)c(C)cc3[nH]ncc23)c(F)c2nc(OCC34CCCC3N(C3CC[C@@]35CCCO5)CCC4)nc(N3CCOCC(O)C3)c12. The number of β-amino-alcohol motifs (C(OH)–C–C–N with tert-alkyl or cyclic N) is 1. The first-order chi connectivity index (χ1) is 24.8. The van der Waals surface area contributed by atoms with Crippen molar-refractivity contribution in [2.24, 2.45) is 5.41 Å². The van der Waals surface area contributed by atoms with Crippen molar-refractivity contribution in [1.82, 2.24) is 30.0 Å². The Kier molecular flexibility index (Phi) is 8.49. The zero-order valence-corrected chi connectivity index (χ0v) is 30.0. The number of benzene rings is 1. The predicted octanol–water partition coefficient (Wildman–Crippen LogP) is 5.60. The summed E-state index contributed by atoms with van der Waals surface area (Å²) in [5.41, 5.74) is 1.82. The maximum atomic E-state index is 17.2. The number of aliphatic hydroxyl groups is 1. The molecule has 9 rings (SSSR count). The number of ether oxygens (including phenoxy) is 4. The van der Waals surface area contributed by atoms with Crippen molar-refractivity contribution in [3.63, 3.8) is 0 Å². The van der Waals surface area contributed by atoms with Crippen LogP contribution in [0.15, 0.2) is 12.3 Å². The molecule has 14 heteroatoms. The van der Waals surface area contributed by atoms with Gasteiger partial charge in [-0.15, -0.1) is 0 Å². The van der Waals surface area contributed by atoms with E-state index in [2.05, 4.69) is 15.1 Å². The number of aromatic nitrogens is 5. The van der Waals surface area contributed by atoms with Gasteiger partial charge in [-0.05, 0) is 76.5 Å². The van der Waals surface area contributed by atoms with E-state index in [9.17, 15) is 5.11 Å². The lowest BCUT2D eigenvalue weighted by Crippen LogP contribution is -2.66. The Morgan fingerprint density at radius 1 is 1.08 bits per heavy atom. The fourth-order valence-corrected chi connectivity index (χ4v) is 10.1. The van der Waals surface area contributed by atoms with E-state index < -0.39 is 11.9 Å². The standard InChI is InChI=1S/C37H45ClFN7O5/c1-21-16-24-23(17-40-44-24)27(29(21)38)31-30(39)32-28(34(41-31)48-2)33(45-13-15-49-19-22(47)18-45)43-35(42-32)50-20-36-8-3-6-25(36)46(12-4-9-36)26-7-11-37(26)10-5-14-51-37/h16-17,22,25-26,47H,3-15,18-20H2,1-2H3,(H,40,44)/t22?,25?,26?,36?,37-/m0/s1. The van der Waals surface area contributed by atoms with Gasteiger partial charge in [-0.3, -0.25) is 10.00 Å². The average molecular weight is 722 g/mol. The third-order valence-electron chi connectivity index (χ3n) is 12.4. The zero-order chi connectivity index (χ0) is 34.9. The van der Waals surface area contributed by atoms with Crippen molar-refractivity contribution in [3.05, 3.63) is 28.7 Å². The lowest BCUT2D eigenvalue weighted by atomic mass is 9.68. The molecule has 0 radical (unpaired) electrons. The summed E-state index contributed by atoms with van der Waals surface area (Å²) in [4.78, 5) is 19.0. The van der Waals surface area contributed by atoms with Gasteiger partial charge in [0.15, 0.2) is 5.82 Å². The lowest BCUT2D eigenvalue weighted by Gasteiger charge is -2.57. The van der Waals surface area contributed by atoms with E-state index in [1.54, 1.807) is 6.20 Å². The van der Waals surface area contributed by atoms with Crippen LogP contribution in [0.3, 0.4) is 0 Å². The molecule has 272 valence electrons. The number of aliphatic hydroxyl groups excluding tert-OH is 1. The van der Waals surface area contributed by atoms with Crippen LogP contribution < -0.4 is 14.4 Å². The number of aromatic amines is 1. The Labute approximate surface area is 301 Å². The molecule has 5 atom stereocenters. The molecule has 6 heterocycles. The van der Waals surface area contributed by atoms with Crippen molar-refractivity contribution < 1.29 is 28.4 Å². The number of nitrogens with zero attached hydrogens (tertiary/aromatic N) is 6. The van der Waals surface area contributed by atoms with E-state index >= 15 is 4.39 Å². The number of pyridine rings is 1. The summed E-state index contributed by atoms with van der Waals surface area (Å²) >= 11 is 6.87. The molecule has 4 unspecified atom stereocenters. The quantitative estimate of drug-likeness (QED) is 0.247. The molecule has 3 saturated heterocycles. The Hall–Kier alpha value is -3.36. The molecule has 2 saturated carbocycles. The van der Waals surface area contributed by atoms with E-state index in [1.165, 1.54) is 13.5 Å². The van der Waals surface area contributed by atoms with Crippen molar-refractivity contribution >= 4 is 39.2 Å². The summed E-state index contributed by atoms with van der Waals surface area (Å²) in [6, 6.07) is 2.81. The lowest BCUT2D eigenvalue weighted by molar-refractivity contribution is -0.159. The first-order valence-corrected chi connectivity index (χ1v) is 18.8. The number of halogens is 2. The van der Waals surface area contributed by atoms with Gasteiger partial charge in [-0.1, -0.05) is 18.0 Å². The van der Waals surface area contributed by atoms with E-state index in [0.717, 1.165) is 70.1 Å². The van der Waals surface area contributed by atoms with Crippen LogP contribution in [-0.4, -0.2) is 112 Å². The van der Waals surface area contributed by atoms with Gasteiger partial charge in [-0.25, -0.2) is 9.37 Å². The largest absolute Gasteiger partial charge is 0.480 e. The smallest absolute Gasteiger partial charge is 0.319 e. The number of likely N-dealkylation sites (tertiary alicyclic amines) is 1. The molecule has 2 N–H and O–H groups in total. The van der Waals surface area contributed by atoms with Crippen LogP contribution >= 0.6 is 11.6 Å². The maximum absolute atomic E-state index is 17.2. The van der Waals surface area contributed by atoms with Gasteiger partial charge in [-0.2, -0.15) is 15.1 Å². The minimum Gasteiger partial charge on any atom is -0.480 e. The maximum Gasteiger partial charge on any atom is 0.319 e. The van der Waals surface area contributed by atoms with Crippen LogP contribution in [0.4, 0.5) is 10.2 Å². The summed E-state index contributed by atoms with van der Waals surface area (Å²) in [7, 11) is 1.49. The summed E-state index contributed by atoms with van der Waals surface area (Å²) in [6.07, 6.45) is 11.0. The highest BCUT2D eigenvalue weighted by molar-refractivity contribution is 6.35. The van der Waals surface area contributed by atoms with Crippen LogP contribution in [0.5, 0.6) is 11.9 Å². The Morgan fingerprint density at radius 2 is 1.96 bits per heavy atom. The molecule has 51 heavy (non-hydrogen) atoms. The first-order valence-electron chi connectivity index (χ1n) is 18.4. The third kappa shape index (κ3) is 5.45. The molecule has 0 bridgehead atoms. The van der Waals surface area contributed by atoms with Crippen molar-refractivity contribution in [2.45, 2.75) is 88.5 Å². The van der Waals surface area contributed by atoms with E-state index in [-0.39, 0.29) is 47.3 Å². The Bertz CT molecular complexity index is 1970. The summed E-state index contributed by atoms with van der Waals surface area (Å²) in [5.74, 6) is -0.162. The van der Waals surface area contributed by atoms with Gasteiger partial charge in [0.25, 0.3) is 0 Å². The van der Waals surface area contributed by atoms with Crippen LogP contribution in [-0.2, 0) is 9.47 Å². The minimum atomic E-state index is -0.768. The topological polar surface area (TPSA) is 131 Å².